The van der Waals surface area contributed by atoms with Crippen molar-refractivity contribution in [3.05, 3.63) is 11.8 Å². The summed E-state index contributed by atoms with van der Waals surface area (Å²) >= 11 is 0. The van der Waals surface area contributed by atoms with E-state index in [1.807, 2.05) is 6.92 Å². The molecule has 7 nitrogen and oxygen atoms in total. The first-order valence-corrected chi connectivity index (χ1v) is 6.61. The molecule has 1 heterocycles. The highest BCUT2D eigenvalue weighted by molar-refractivity contribution is 5.93. The van der Waals surface area contributed by atoms with E-state index in [0.29, 0.717) is 18.0 Å². The molecule has 0 aliphatic heterocycles. The van der Waals surface area contributed by atoms with E-state index in [0.717, 1.165) is 12.8 Å². The summed E-state index contributed by atoms with van der Waals surface area (Å²) in [7, 11) is 1.60. The first-order valence-electron chi connectivity index (χ1n) is 6.61. The third kappa shape index (κ3) is 5.83. The predicted octanol–water partition coefficient (Wildman–Crippen LogP) is 0.897. The standard InChI is InChI=1S/C13H22N4O3/c1-9(14)5-4-6-13(19)17(3)8-12(18)15-11-7-10(2)20-16-11/h7,9H,4-6,8,14H2,1-3H3,(H,15,16,18). The van der Waals surface area contributed by atoms with Gasteiger partial charge >= 0.3 is 0 Å². The molecule has 0 radical (unpaired) electrons. The molecular formula is C13H22N4O3. The van der Waals surface area contributed by atoms with Gasteiger partial charge in [0, 0.05) is 25.6 Å². The predicted molar refractivity (Wildman–Crippen MR) is 75.0 cm³/mol. The van der Waals surface area contributed by atoms with E-state index in [1.54, 1.807) is 20.0 Å². The van der Waals surface area contributed by atoms with Gasteiger partial charge in [0.25, 0.3) is 0 Å². The highest BCUT2D eigenvalue weighted by Gasteiger charge is 2.14. The van der Waals surface area contributed by atoms with Gasteiger partial charge < -0.3 is 20.5 Å². The van der Waals surface area contributed by atoms with Crippen LogP contribution in [-0.2, 0) is 9.59 Å². The van der Waals surface area contributed by atoms with Crippen molar-refractivity contribution >= 4 is 17.6 Å². The summed E-state index contributed by atoms with van der Waals surface area (Å²) in [5.74, 6) is 0.587. The first-order chi connectivity index (χ1) is 9.38. The Balaban J connectivity index is 2.31. The van der Waals surface area contributed by atoms with E-state index in [1.165, 1.54) is 4.90 Å². The van der Waals surface area contributed by atoms with E-state index in [4.69, 9.17) is 10.3 Å². The topological polar surface area (TPSA) is 101 Å². The molecular weight excluding hydrogens is 260 g/mol. The number of aryl methyl sites for hydroxylation is 1. The lowest BCUT2D eigenvalue weighted by atomic mass is 10.1. The third-order valence-corrected chi connectivity index (χ3v) is 2.75. The molecule has 20 heavy (non-hydrogen) atoms. The molecule has 0 aliphatic carbocycles. The Labute approximate surface area is 118 Å². The van der Waals surface area contributed by atoms with Crippen LogP contribution in [0.2, 0.25) is 0 Å². The summed E-state index contributed by atoms with van der Waals surface area (Å²) in [5, 5.41) is 6.22. The number of carbonyl (C=O) groups excluding carboxylic acids is 2. The SMILES string of the molecule is Cc1cc(NC(=O)CN(C)C(=O)CCCC(C)N)no1. The van der Waals surface area contributed by atoms with Crippen LogP contribution in [0.25, 0.3) is 0 Å². The van der Waals surface area contributed by atoms with E-state index in [2.05, 4.69) is 10.5 Å². The number of likely N-dealkylation sites (N-methyl/N-ethyl adjacent to an activating group) is 1. The number of nitrogens with zero attached hydrogens (tertiary/aromatic N) is 2. The Bertz CT molecular complexity index is 456. The van der Waals surface area contributed by atoms with Crippen LogP contribution in [0.15, 0.2) is 10.6 Å². The highest BCUT2D eigenvalue weighted by Crippen LogP contribution is 2.07. The second-order valence-corrected chi connectivity index (χ2v) is 4.99. The second-order valence-electron chi connectivity index (χ2n) is 4.99. The maximum Gasteiger partial charge on any atom is 0.245 e. The van der Waals surface area contributed by atoms with Gasteiger partial charge in [0.1, 0.15) is 5.76 Å². The minimum absolute atomic E-state index is 0.0110. The monoisotopic (exact) mass is 282 g/mol. The lowest BCUT2D eigenvalue weighted by Gasteiger charge is -2.16. The molecule has 0 spiro atoms. The summed E-state index contributed by atoms with van der Waals surface area (Å²) < 4.78 is 4.84. The summed E-state index contributed by atoms with van der Waals surface area (Å²) in [5.41, 5.74) is 5.62. The van der Waals surface area contributed by atoms with Crippen LogP contribution >= 0.6 is 0 Å². The minimum Gasteiger partial charge on any atom is -0.360 e. The number of nitrogens with two attached hydrogens (primary N) is 1. The van der Waals surface area contributed by atoms with Crippen molar-refractivity contribution < 1.29 is 14.1 Å². The molecule has 1 atom stereocenters. The van der Waals surface area contributed by atoms with Crippen molar-refractivity contribution in [1.29, 1.82) is 0 Å². The Morgan fingerprint density at radius 3 is 2.80 bits per heavy atom. The fraction of sp³-hybridized carbons (Fsp3) is 0.615. The van der Waals surface area contributed by atoms with Crippen molar-refractivity contribution in [3.8, 4) is 0 Å². The molecule has 1 rings (SSSR count). The molecule has 7 heteroatoms. The minimum atomic E-state index is -0.304. The van der Waals surface area contributed by atoms with Crippen molar-refractivity contribution in [2.45, 2.75) is 39.2 Å². The van der Waals surface area contributed by atoms with Gasteiger partial charge in [-0.15, -0.1) is 0 Å². The third-order valence-electron chi connectivity index (χ3n) is 2.75. The zero-order chi connectivity index (χ0) is 15.1. The number of anilines is 1. The van der Waals surface area contributed by atoms with Crippen molar-refractivity contribution in [1.82, 2.24) is 10.1 Å². The molecule has 0 saturated carbocycles. The quantitative estimate of drug-likeness (QED) is 0.773. The Hall–Kier alpha value is -1.89. The molecule has 0 aromatic carbocycles. The van der Waals surface area contributed by atoms with Crippen molar-refractivity contribution in [2.24, 2.45) is 5.73 Å². The van der Waals surface area contributed by atoms with Crippen LogP contribution in [0.4, 0.5) is 5.82 Å². The number of amides is 2. The van der Waals surface area contributed by atoms with Crippen LogP contribution < -0.4 is 11.1 Å². The average Bonchev–Trinajstić information content (AvgIpc) is 2.73. The summed E-state index contributed by atoms with van der Waals surface area (Å²) in [6.45, 7) is 3.63. The number of aromatic nitrogens is 1. The molecule has 0 aliphatic rings. The van der Waals surface area contributed by atoms with E-state index >= 15 is 0 Å². The van der Waals surface area contributed by atoms with Gasteiger partial charge in [0.2, 0.25) is 11.8 Å². The first kappa shape index (κ1) is 16.2. The molecule has 1 aromatic heterocycles. The van der Waals surface area contributed by atoms with Gasteiger partial charge in [-0.25, -0.2) is 0 Å². The molecule has 3 N–H and O–H groups in total. The number of rotatable bonds is 7. The molecule has 1 unspecified atom stereocenters. The summed E-state index contributed by atoms with van der Waals surface area (Å²) in [6, 6.07) is 1.70. The normalized spacial score (nSPS) is 12.0. The van der Waals surface area contributed by atoms with Crippen LogP contribution in [0, 0.1) is 6.92 Å². The number of nitrogens with one attached hydrogen (secondary N) is 1. The number of hydrogen-bond donors (Lipinski definition) is 2. The fourth-order valence-corrected chi connectivity index (χ4v) is 1.68. The lowest BCUT2D eigenvalue weighted by Crippen LogP contribution is -2.35. The van der Waals surface area contributed by atoms with E-state index in [-0.39, 0.29) is 24.4 Å². The Morgan fingerprint density at radius 2 is 2.25 bits per heavy atom. The van der Waals surface area contributed by atoms with Gasteiger partial charge in [-0.3, -0.25) is 9.59 Å². The van der Waals surface area contributed by atoms with Gasteiger partial charge in [-0.2, -0.15) is 0 Å². The summed E-state index contributed by atoms with van der Waals surface area (Å²) in [4.78, 5) is 24.9. The molecule has 0 saturated heterocycles. The van der Waals surface area contributed by atoms with Crippen LogP contribution in [0.3, 0.4) is 0 Å². The van der Waals surface area contributed by atoms with Crippen LogP contribution in [0.5, 0.6) is 0 Å². The zero-order valence-electron chi connectivity index (χ0n) is 12.2. The zero-order valence-corrected chi connectivity index (χ0v) is 12.2. The molecule has 1 aromatic rings. The van der Waals surface area contributed by atoms with Gasteiger partial charge in [-0.05, 0) is 26.7 Å². The van der Waals surface area contributed by atoms with Crippen LogP contribution in [-0.4, -0.2) is 41.5 Å². The second kappa shape index (κ2) is 7.64. The molecule has 112 valence electrons. The summed E-state index contributed by atoms with van der Waals surface area (Å²) in [6.07, 6.45) is 1.92. The lowest BCUT2D eigenvalue weighted by molar-refractivity contribution is -0.133. The van der Waals surface area contributed by atoms with Crippen LogP contribution in [0.1, 0.15) is 31.9 Å². The number of carbonyl (C=O) groups is 2. The van der Waals surface area contributed by atoms with E-state index in [9.17, 15) is 9.59 Å². The van der Waals surface area contributed by atoms with Crippen molar-refractivity contribution in [3.63, 3.8) is 0 Å². The molecule has 0 fully saturated rings. The Kier molecular flexibility index (Phi) is 6.17. The largest absolute Gasteiger partial charge is 0.360 e. The van der Waals surface area contributed by atoms with E-state index < -0.39 is 0 Å². The number of hydrogen-bond acceptors (Lipinski definition) is 5. The average molecular weight is 282 g/mol. The van der Waals surface area contributed by atoms with Gasteiger partial charge in [0.15, 0.2) is 5.82 Å². The fourth-order valence-electron chi connectivity index (χ4n) is 1.68. The van der Waals surface area contributed by atoms with Crippen molar-refractivity contribution in [2.75, 3.05) is 18.9 Å². The van der Waals surface area contributed by atoms with Gasteiger partial charge in [0.05, 0.1) is 6.54 Å². The maximum atomic E-state index is 11.8. The maximum absolute atomic E-state index is 11.8. The Morgan fingerprint density at radius 1 is 1.55 bits per heavy atom. The molecule has 0 bridgehead atoms. The molecule has 2 amide bonds. The highest BCUT2D eigenvalue weighted by atomic mass is 16.5. The smallest absolute Gasteiger partial charge is 0.245 e. The van der Waals surface area contributed by atoms with Gasteiger partial charge in [-0.1, -0.05) is 5.16 Å².